The van der Waals surface area contributed by atoms with E-state index in [0.717, 1.165) is 51.4 Å². The van der Waals surface area contributed by atoms with Gasteiger partial charge in [0.05, 0.1) is 12.1 Å². The third-order valence-electron chi connectivity index (χ3n) is 15.4. The molecule has 5 aliphatic rings. The van der Waals surface area contributed by atoms with Crippen LogP contribution in [0, 0.1) is 41.4 Å². The number of amides is 4. The van der Waals surface area contributed by atoms with Gasteiger partial charge in [0.25, 0.3) is 0 Å². The topological polar surface area (TPSA) is 158 Å². The summed E-state index contributed by atoms with van der Waals surface area (Å²) >= 11 is 0. The fourth-order valence-electron chi connectivity index (χ4n) is 10.7. The fourth-order valence-corrected chi connectivity index (χ4v) is 10.7. The van der Waals surface area contributed by atoms with Crippen LogP contribution < -0.4 is 10.6 Å². The first-order valence-corrected chi connectivity index (χ1v) is 26.0. The normalized spacial score (nSPS) is 24.6. The summed E-state index contributed by atoms with van der Waals surface area (Å²) in [6.07, 6.45) is 11.2. The summed E-state index contributed by atoms with van der Waals surface area (Å²) < 4.78 is 11.5. The Labute approximate surface area is 391 Å². The first-order chi connectivity index (χ1) is 30.9. The van der Waals surface area contributed by atoms with Gasteiger partial charge in [-0.25, -0.2) is 0 Å². The van der Waals surface area contributed by atoms with Crippen LogP contribution in [0.25, 0.3) is 0 Å². The monoisotopic (exact) mass is 913 g/mol. The third kappa shape index (κ3) is 15.4. The zero-order valence-corrected chi connectivity index (χ0v) is 41.8. The minimum atomic E-state index is -0.623. The molecular weight excluding hydrogens is 825 g/mol. The van der Waals surface area contributed by atoms with Crippen LogP contribution in [0.4, 0.5) is 0 Å². The summed E-state index contributed by atoms with van der Waals surface area (Å²) in [6.45, 7) is 23.0. The van der Waals surface area contributed by atoms with E-state index in [1.165, 1.54) is 6.42 Å². The van der Waals surface area contributed by atoms with Gasteiger partial charge >= 0.3 is 11.9 Å². The lowest BCUT2D eigenvalue weighted by Crippen LogP contribution is -2.62. The average Bonchev–Trinajstić information content (AvgIpc) is 3.26. The summed E-state index contributed by atoms with van der Waals surface area (Å²) in [5.74, 6) is 0.752. The highest BCUT2D eigenvalue weighted by atomic mass is 16.5. The van der Waals surface area contributed by atoms with Gasteiger partial charge in [0, 0.05) is 65.2 Å². The lowest BCUT2D eigenvalue weighted by atomic mass is 9.83. The largest absolute Gasteiger partial charge is 0.462 e. The van der Waals surface area contributed by atoms with Gasteiger partial charge in [-0.15, -0.1) is 0 Å². The number of hydrogen-bond donors (Lipinski definition) is 2. The van der Waals surface area contributed by atoms with Crippen molar-refractivity contribution in [1.82, 2.24) is 30.2 Å². The zero-order valence-electron chi connectivity index (χ0n) is 41.8. The van der Waals surface area contributed by atoms with E-state index in [2.05, 4.69) is 52.2 Å². The number of nitrogens with zero attached hydrogens (tertiary/aromatic N) is 4. The molecule has 3 unspecified atom stereocenters. The van der Waals surface area contributed by atoms with E-state index in [9.17, 15) is 28.8 Å². The molecule has 2 N–H and O–H groups in total. The van der Waals surface area contributed by atoms with Crippen molar-refractivity contribution in [3.8, 4) is 0 Å². The van der Waals surface area contributed by atoms with Crippen LogP contribution in [-0.2, 0) is 38.2 Å². The lowest BCUT2D eigenvalue weighted by molar-refractivity contribution is -0.154. The maximum absolute atomic E-state index is 14.7. The Kier molecular flexibility index (Phi) is 20.4. The Morgan fingerprint density at radius 1 is 0.569 bits per heavy atom. The molecule has 14 nitrogen and oxygen atoms in total. The standard InChI is InChI=1S/C51H88N6O8/c1-33(2)27-42-48(60)57(26-19-52-42)45(51(63)55-23-17-40(18-24-55)32-47(59)65-41-13-11-10-12-14-41)30-37(8)36(7)29-43-49(61)56(25-20-53-43)44(28-34(3)4)50(62)54-21-15-39(16-22-54)31-46(58)64-38(9)35(5)6/h33-45,52-53H,10-32H2,1-9H3/t36?,37?,38?,42-,43-,44-,45-/m0/s1. The molecule has 0 bridgehead atoms. The molecule has 0 aromatic rings. The highest BCUT2D eigenvalue weighted by Crippen LogP contribution is 2.31. The predicted molar refractivity (Wildman–Crippen MR) is 252 cm³/mol. The first-order valence-electron chi connectivity index (χ1n) is 26.0. The van der Waals surface area contributed by atoms with Crippen molar-refractivity contribution < 1.29 is 38.2 Å². The van der Waals surface area contributed by atoms with Gasteiger partial charge < -0.3 is 39.7 Å². The van der Waals surface area contributed by atoms with Crippen molar-refractivity contribution in [3.63, 3.8) is 0 Å². The second-order valence-corrected chi connectivity index (χ2v) is 21.9. The molecule has 0 aromatic carbocycles. The predicted octanol–water partition coefficient (Wildman–Crippen LogP) is 6.19. The number of piperazine rings is 2. The molecule has 0 spiro atoms. The first kappa shape index (κ1) is 52.7. The minimum absolute atomic E-state index is 0.00696. The SMILES string of the molecule is CC(C)C[C@@H]1NCCN([C@@H](CC(C)C(C)C[C@@H]2NCCN([C@@H](CC(C)C)C(=O)N3CCC(CC(=O)OC(C)C(C)C)CC3)C2=O)C(=O)N2CCC(CC(=O)OC3CCCCC3)CC2)C1=O. The summed E-state index contributed by atoms with van der Waals surface area (Å²) in [5.41, 5.74) is 0. The van der Waals surface area contributed by atoms with Gasteiger partial charge in [-0.2, -0.15) is 0 Å². The molecule has 4 amide bonds. The Balaban J connectivity index is 1.20. The van der Waals surface area contributed by atoms with Gasteiger partial charge in [-0.05, 0) is 125 Å². The zero-order chi connectivity index (χ0) is 47.4. The molecule has 370 valence electrons. The number of carbonyl (C=O) groups is 6. The highest BCUT2D eigenvalue weighted by Gasteiger charge is 2.43. The number of hydrogen-bond acceptors (Lipinski definition) is 10. The smallest absolute Gasteiger partial charge is 0.306 e. The van der Waals surface area contributed by atoms with E-state index in [-0.39, 0.29) is 89.3 Å². The minimum Gasteiger partial charge on any atom is -0.462 e. The number of likely N-dealkylation sites (tertiary alicyclic amines) is 2. The van der Waals surface area contributed by atoms with E-state index in [1.807, 2.05) is 40.4 Å². The second kappa shape index (κ2) is 25.2. The highest BCUT2D eigenvalue weighted by molar-refractivity contribution is 5.91. The molecule has 0 aromatic heterocycles. The van der Waals surface area contributed by atoms with Gasteiger partial charge in [0.1, 0.15) is 24.3 Å². The van der Waals surface area contributed by atoms with Crippen LogP contribution in [-0.4, -0.2) is 144 Å². The van der Waals surface area contributed by atoms with E-state index < -0.39 is 18.1 Å². The Morgan fingerprint density at radius 3 is 1.52 bits per heavy atom. The molecule has 0 radical (unpaired) electrons. The van der Waals surface area contributed by atoms with Crippen molar-refractivity contribution >= 4 is 35.6 Å². The Bertz CT molecular complexity index is 1570. The molecule has 5 rings (SSSR count). The molecular formula is C51H88N6O8. The number of carbonyl (C=O) groups excluding carboxylic acids is 6. The molecule has 14 heteroatoms. The lowest BCUT2D eigenvalue weighted by Gasteiger charge is -2.43. The van der Waals surface area contributed by atoms with Crippen molar-refractivity contribution in [2.45, 2.75) is 195 Å². The number of rotatable bonds is 20. The molecule has 1 aliphatic carbocycles. The maximum atomic E-state index is 14.7. The van der Waals surface area contributed by atoms with Gasteiger partial charge in [0.15, 0.2) is 0 Å². The maximum Gasteiger partial charge on any atom is 0.306 e. The van der Waals surface area contributed by atoms with Crippen LogP contribution in [0.3, 0.4) is 0 Å². The summed E-state index contributed by atoms with van der Waals surface area (Å²) in [7, 11) is 0. The Hall–Kier alpha value is -3.26. The quantitative estimate of drug-likeness (QED) is 0.135. The van der Waals surface area contributed by atoms with Crippen molar-refractivity contribution in [3.05, 3.63) is 0 Å². The van der Waals surface area contributed by atoms with E-state index in [4.69, 9.17) is 9.47 Å². The average molecular weight is 913 g/mol. The van der Waals surface area contributed by atoms with Crippen molar-refractivity contribution in [2.75, 3.05) is 52.4 Å². The number of ether oxygens (including phenoxy) is 2. The van der Waals surface area contributed by atoms with Crippen molar-refractivity contribution in [2.24, 2.45) is 41.4 Å². The third-order valence-corrected chi connectivity index (χ3v) is 15.4. The number of esters is 2. The van der Waals surface area contributed by atoms with Crippen molar-refractivity contribution in [1.29, 1.82) is 0 Å². The molecule has 7 atom stereocenters. The van der Waals surface area contributed by atoms with Gasteiger partial charge in [-0.1, -0.05) is 61.8 Å². The number of piperidine rings is 2. The van der Waals surface area contributed by atoms with E-state index >= 15 is 0 Å². The number of nitrogens with one attached hydrogen (secondary N) is 2. The van der Waals surface area contributed by atoms with Crippen LogP contribution >= 0.6 is 0 Å². The van der Waals surface area contributed by atoms with E-state index in [0.29, 0.717) is 96.8 Å². The molecule has 1 saturated carbocycles. The molecule has 4 aliphatic heterocycles. The molecule has 4 saturated heterocycles. The summed E-state index contributed by atoms with van der Waals surface area (Å²) in [5, 5.41) is 6.89. The molecule has 4 heterocycles. The van der Waals surface area contributed by atoms with Crippen LogP contribution in [0.1, 0.15) is 159 Å². The van der Waals surface area contributed by atoms with Gasteiger partial charge in [0.2, 0.25) is 23.6 Å². The van der Waals surface area contributed by atoms with Crippen LogP contribution in [0.15, 0.2) is 0 Å². The second-order valence-electron chi connectivity index (χ2n) is 21.9. The van der Waals surface area contributed by atoms with E-state index in [1.54, 1.807) is 0 Å². The summed E-state index contributed by atoms with van der Waals surface area (Å²) in [4.78, 5) is 90.5. The molecule has 5 fully saturated rings. The van der Waals surface area contributed by atoms with Gasteiger partial charge in [-0.3, -0.25) is 28.8 Å². The van der Waals surface area contributed by atoms with Crippen LogP contribution in [0.2, 0.25) is 0 Å². The Morgan fingerprint density at radius 2 is 1.05 bits per heavy atom. The van der Waals surface area contributed by atoms with Crippen LogP contribution in [0.5, 0.6) is 0 Å². The summed E-state index contributed by atoms with van der Waals surface area (Å²) in [6, 6.07) is -1.98. The fraction of sp³-hybridized carbons (Fsp3) is 0.882. The molecule has 65 heavy (non-hydrogen) atoms.